The predicted octanol–water partition coefficient (Wildman–Crippen LogP) is 3.26. The van der Waals surface area contributed by atoms with E-state index >= 15 is 0 Å². The highest BCUT2D eigenvalue weighted by Gasteiger charge is 2.14. The van der Waals surface area contributed by atoms with Gasteiger partial charge in [-0.05, 0) is 50.6 Å². The number of nitriles is 1. The summed E-state index contributed by atoms with van der Waals surface area (Å²) in [6.45, 7) is 6.88. The molecule has 0 unspecified atom stereocenters. The van der Waals surface area contributed by atoms with Gasteiger partial charge in [0.1, 0.15) is 5.82 Å². The Morgan fingerprint density at radius 1 is 1.24 bits per heavy atom. The van der Waals surface area contributed by atoms with Gasteiger partial charge in [0.2, 0.25) is 0 Å². The fourth-order valence-corrected chi connectivity index (χ4v) is 2.21. The smallest absolute Gasteiger partial charge is 0.130 e. The van der Waals surface area contributed by atoms with Gasteiger partial charge >= 0.3 is 0 Å². The minimum absolute atomic E-state index is 0.281. The summed E-state index contributed by atoms with van der Waals surface area (Å²) in [5.41, 5.74) is 9.14. The SMILES string of the molecule is Cc1cc(C#N)cc(N(Cc2ccc(N)cc2)C(C)C)n1. The second-order valence-corrected chi connectivity index (χ2v) is 5.43. The van der Waals surface area contributed by atoms with Gasteiger partial charge < -0.3 is 10.6 Å². The zero-order valence-electron chi connectivity index (χ0n) is 12.7. The molecular weight excluding hydrogens is 260 g/mol. The molecule has 0 radical (unpaired) electrons. The lowest BCUT2D eigenvalue weighted by Crippen LogP contribution is -2.31. The van der Waals surface area contributed by atoms with Crippen LogP contribution in [0.15, 0.2) is 36.4 Å². The zero-order valence-corrected chi connectivity index (χ0v) is 12.7. The Hall–Kier alpha value is -2.54. The van der Waals surface area contributed by atoms with E-state index in [2.05, 4.69) is 29.8 Å². The molecule has 0 aliphatic rings. The van der Waals surface area contributed by atoms with Gasteiger partial charge in [-0.3, -0.25) is 0 Å². The molecule has 0 aliphatic carbocycles. The molecule has 4 nitrogen and oxygen atoms in total. The van der Waals surface area contributed by atoms with E-state index in [1.807, 2.05) is 37.3 Å². The van der Waals surface area contributed by atoms with Gasteiger partial charge in [-0.15, -0.1) is 0 Å². The number of pyridine rings is 1. The number of aromatic nitrogens is 1. The average molecular weight is 280 g/mol. The second kappa shape index (κ2) is 6.27. The molecule has 0 fully saturated rings. The third-order valence-electron chi connectivity index (χ3n) is 3.32. The number of nitrogen functional groups attached to an aromatic ring is 1. The first-order valence-electron chi connectivity index (χ1n) is 6.99. The van der Waals surface area contributed by atoms with Gasteiger partial charge in [-0.2, -0.15) is 5.26 Å². The van der Waals surface area contributed by atoms with E-state index in [0.29, 0.717) is 5.56 Å². The van der Waals surface area contributed by atoms with Crippen LogP contribution in [0.3, 0.4) is 0 Å². The van der Waals surface area contributed by atoms with Crippen LogP contribution in [0.5, 0.6) is 0 Å². The molecule has 0 saturated heterocycles. The van der Waals surface area contributed by atoms with Crippen LogP contribution in [0.1, 0.15) is 30.7 Å². The van der Waals surface area contributed by atoms with Crippen LogP contribution in [0.4, 0.5) is 11.5 Å². The molecule has 1 aromatic heterocycles. The van der Waals surface area contributed by atoms with Crippen molar-refractivity contribution >= 4 is 11.5 Å². The van der Waals surface area contributed by atoms with E-state index in [1.165, 1.54) is 5.56 Å². The lowest BCUT2D eigenvalue weighted by atomic mass is 10.1. The number of nitrogens with zero attached hydrogens (tertiary/aromatic N) is 3. The Morgan fingerprint density at radius 3 is 2.48 bits per heavy atom. The molecule has 0 saturated carbocycles. The molecule has 1 aromatic carbocycles. The maximum absolute atomic E-state index is 9.12. The van der Waals surface area contributed by atoms with Gasteiger partial charge in [0.05, 0.1) is 11.6 Å². The van der Waals surface area contributed by atoms with Crippen LogP contribution in [-0.2, 0) is 6.54 Å². The van der Waals surface area contributed by atoms with Crippen molar-refractivity contribution < 1.29 is 0 Å². The highest BCUT2D eigenvalue weighted by atomic mass is 15.2. The average Bonchev–Trinajstić information content (AvgIpc) is 2.45. The van der Waals surface area contributed by atoms with Gasteiger partial charge in [-0.25, -0.2) is 4.98 Å². The van der Waals surface area contributed by atoms with E-state index < -0.39 is 0 Å². The lowest BCUT2D eigenvalue weighted by molar-refractivity contribution is 0.671. The number of nitrogens with two attached hydrogens (primary N) is 1. The van der Waals surface area contributed by atoms with E-state index in [0.717, 1.165) is 23.7 Å². The van der Waals surface area contributed by atoms with Crippen molar-refractivity contribution in [3.63, 3.8) is 0 Å². The third kappa shape index (κ3) is 3.73. The number of benzene rings is 1. The first kappa shape index (κ1) is 14.9. The van der Waals surface area contributed by atoms with Crippen molar-refractivity contribution in [2.24, 2.45) is 0 Å². The van der Waals surface area contributed by atoms with Gasteiger partial charge in [-0.1, -0.05) is 12.1 Å². The zero-order chi connectivity index (χ0) is 15.4. The number of hydrogen-bond acceptors (Lipinski definition) is 4. The van der Waals surface area contributed by atoms with E-state index in [9.17, 15) is 0 Å². The fraction of sp³-hybridized carbons (Fsp3) is 0.294. The minimum atomic E-state index is 0.281. The monoisotopic (exact) mass is 280 g/mol. The molecule has 0 aliphatic heterocycles. The highest BCUT2D eigenvalue weighted by Crippen LogP contribution is 2.20. The first-order valence-corrected chi connectivity index (χ1v) is 6.99. The van der Waals surface area contributed by atoms with E-state index in [1.54, 1.807) is 6.07 Å². The Labute approximate surface area is 125 Å². The summed E-state index contributed by atoms with van der Waals surface area (Å²) >= 11 is 0. The van der Waals surface area contributed by atoms with Crippen LogP contribution in [0.25, 0.3) is 0 Å². The van der Waals surface area contributed by atoms with Crippen molar-refractivity contribution in [3.05, 3.63) is 53.2 Å². The number of aryl methyl sites for hydroxylation is 1. The molecule has 0 bridgehead atoms. The number of anilines is 2. The molecule has 21 heavy (non-hydrogen) atoms. The van der Waals surface area contributed by atoms with Crippen LogP contribution < -0.4 is 10.6 Å². The second-order valence-electron chi connectivity index (χ2n) is 5.43. The van der Waals surface area contributed by atoms with Crippen LogP contribution in [0, 0.1) is 18.3 Å². The number of rotatable bonds is 4. The van der Waals surface area contributed by atoms with E-state index in [4.69, 9.17) is 11.0 Å². The van der Waals surface area contributed by atoms with Crippen molar-refractivity contribution in [2.45, 2.75) is 33.4 Å². The van der Waals surface area contributed by atoms with Crippen molar-refractivity contribution in [2.75, 3.05) is 10.6 Å². The Balaban J connectivity index is 2.33. The molecule has 0 atom stereocenters. The summed E-state index contributed by atoms with van der Waals surface area (Å²) in [6.07, 6.45) is 0. The molecule has 4 heteroatoms. The summed E-state index contributed by atoms with van der Waals surface area (Å²) in [4.78, 5) is 6.75. The van der Waals surface area contributed by atoms with E-state index in [-0.39, 0.29) is 6.04 Å². The Bertz CT molecular complexity index is 653. The molecule has 108 valence electrons. The summed E-state index contributed by atoms with van der Waals surface area (Å²) < 4.78 is 0. The van der Waals surface area contributed by atoms with Crippen LogP contribution >= 0.6 is 0 Å². The van der Waals surface area contributed by atoms with Crippen molar-refractivity contribution in [1.82, 2.24) is 4.98 Å². The Morgan fingerprint density at radius 2 is 1.90 bits per heavy atom. The molecule has 2 aromatic rings. The van der Waals surface area contributed by atoms with Crippen LogP contribution in [0.2, 0.25) is 0 Å². The molecule has 1 heterocycles. The molecule has 2 rings (SSSR count). The van der Waals surface area contributed by atoms with Crippen LogP contribution in [-0.4, -0.2) is 11.0 Å². The third-order valence-corrected chi connectivity index (χ3v) is 3.32. The summed E-state index contributed by atoms with van der Waals surface area (Å²) in [5.74, 6) is 0.832. The highest BCUT2D eigenvalue weighted by molar-refractivity contribution is 5.48. The maximum atomic E-state index is 9.12. The van der Waals surface area contributed by atoms with Gasteiger partial charge in [0.15, 0.2) is 0 Å². The minimum Gasteiger partial charge on any atom is -0.399 e. The molecule has 0 spiro atoms. The molecule has 0 amide bonds. The first-order chi connectivity index (χ1) is 9.99. The van der Waals surface area contributed by atoms with Crippen molar-refractivity contribution in [3.8, 4) is 6.07 Å². The largest absolute Gasteiger partial charge is 0.399 e. The summed E-state index contributed by atoms with van der Waals surface area (Å²) in [5, 5.41) is 9.12. The quantitative estimate of drug-likeness (QED) is 0.873. The molecular formula is C17H20N4. The normalized spacial score (nSPS) is 10.4. The summed E-state index contributed by atoms with van der Waals surface area (Å²) in [7, 11) is 0. The number of hydrogen-bond donors (Lipinski definition) is 1. The van der Waals surface area contributed by atoms with Gasteiger partial charge in [0.25, 0.3) is 0 Å². The maximum Gasteiger partial charge on any atom is 0.130 e. The Kier molecular flexibility index (Phi) is 4.44. The predicted molar refractivity (Wildman–Crippen MR) is 85.9 cm³/mol. The summed E-state index contributed by atoms with van der Waals surface area (Å²) in [6, 6.07) is 13.9. The lowest BCUT2D eigenvalue weighted by Gasteiger charge is -2.28. The van der Waals surface area contributed by atoms with Gasteiger partial charge in [0, 0.05) is 24.0 Å². The molecule has 2 N–H and O–H groups in total. The topological polar surface area (TPSA) is 65.9 Å². The standard InChI is InChI=1S/C17H20N4/c1-12(2)21(11-14-4-6-16(19)7-5-14)17-9-15(10-18)8-13(3)20-17/h4-9,12H,11,19H2,1-3H3. The van der Waals surface area contributed by atoms with Crippen molar-refractivity contribution in [1.29, 1.82) is 5.26 Å². The fourth-order valence-electron chi connectivity index (χ4n) is 2.21.